The fourth-order valence-corrected chi connectivity index (χ4v) is 2.46. The highest BCUT2D eigenvalue weighted by atomic mass is 16.2. The highest BCUT2D eigenvalue weighted by Crippen LogP contribution is 2.34. The maximum atomic E-state index is 12.3. The number of rotatable bonds is 2. The Morgan fingerprint density at radius 2 is 1.81 bits per heavy atom. The van der Waals surface area contributed by atoms with Gasteiger partial charge in [-0.15, -0.1) is 0 Å². The zero-order chi connectivity index (χ0) is 15.3. The molecule has 1 N–H and O–H groups in total. The monoisotopic (exact) mass is 283 g/mol. The number of aromatic amines is 1. The summed E-state index contributed by atoms with van der Waals surface area (Å²) in [5, 5.41) is 0. The zero-order valence-electron chi connectivity index (χ0n) is 12.5. The molecule has 5 heteroatoms. The first kappa shape index (κ1) is 13.5. The lowest BCUT2D eigenvalue weighted by molar-refractivity contribution is 0.0812. The number of nitrogens with one attached hydrogen (secondary N) is 1. The molecule has 1 heterocycles. The number of anilines is 1. The molecule has 5 nitrogen and oxygen atoms in total. The molecule has 0 spiro atoms. The summed E-state index contributed by atoms with van der Waals surface area (Å²) in [6.45, 7) is 3.99. The number of benzene rings is 1. The van der Waals surface area contributed by atoms with Gasteiger partial charge < -0.3 is 9.88 Å². The summed E-state index contributed by atoms with van der Waals surface area (Å²) in [5.74, 6) is -0.0818. The number of imidazole rings is 1. The van der Waals surface area contributed by atoms with Crippen LogP contribution in [0.2, 0.25) is 0 Å². The van der Waals surface area contributed by atoms with E-state index in [4.69, 9.17) is 0 Å². The summed E-state index contributed by atoms with van der Waals surface area (Å²) in [6.07, 6.45) is 0. The maximum absolute atomic E-state index is 12.3. The summed E-state index contributed by atoms with van der Waals surface area (Å²) in [5.41, 5.74) is 2.94. The number of ketones is 2. The third-order valence-corrected chi connectivity index (χ3v) is 3.72. The second-order valence-electron chi connectivity index (χ2n) is 5.78. The van der Waals surface area contributed by atoms with Crippen LogP contribution < -0.4 is 4.90 Å². The summed E-state index contributed by atoms with van der Waals surface area (Å²) >= 11 is 0. The van der Waals surface area contributed by atoms with E-state index in [1.54, 1.807) is 6.07 Å². The Morgan fingerprint density at radius 1 is 1.10 bits per heavy atom. The minimum Gasteiger partial charge on any atom is -0.378 e. The van der Waals surface area contributed by atoms with Crippen molar-refractivity contribution < 1.29 is 9.59 Å². The van der Waals surface area contributed by atoms with E-state index in [-0.39, 0.29) is 5.92 Å². The standard InChI is InChI=1S/C16H17N3O2/c1-8(2)16-17-12-10-6-5-9(19(3)4)7-11(10)14(20)15(21)13(12)18-16/h5-8H,1-4H3,(H,17,18). The lowest BCUT2D eigenvalue weighted by atomic mass is 9.90. The minimum absolute atomic E-state index is 0.169. The molecule has 1 aromatic carbocycles. The van der Waals surface area contributed by atoms with Crippen molar-refractivity contribution in [1.29, 1.82) is 0 Å². The molecule has 0 amide bonds. The van der Waals surface area contributed by atoms with Crippen molar-refractivity contribution >= 4 is 17.3 Å². The Morgan fingerprint density at radius 3 is 2.43 bits per heavy atom. The first-order chi connectivity index (χ1) is 9.90. The van der Waals surface area contributed by atoms with E-state index in [0.717, 1.165) is 17.1 Å². The van der Waals surface area contributed by atoms with Crippen molar-refractivity contribution in [3.8, 4) is 11.3 Å². The number of H-pyrrole nitrogens is 1. The highest BCUT2D eigenvalue weighted by Gasteiger charge is 2.34. The zero-order valence-corrected chi connectivity index (χ0v) is 12.5. The third kappa shape index (κ3) is 1.96. The molecule has 1 aliphatic carbocycles. The fourth-order valence-electron chi connectivity index (χ4n) is 2.46. The van der Waals surface area contributed by atoms with Crippen LogP contribution in [-0.2, 0) is 0 Å². The van der Waals surface area contributed by atoms with E-state index in [1.807, 2.05) is 45.0 Å². The van der Waals surface area contributed by atoms with Gasteiger partial charge >= 0.3 is 0 Å². The van der Waals surface area contributed by atoms with Crippen LogP contribution in [-0.4, -0.2) is 35.6 Å². The van der Waals surface area contributed by atoms with Crippen LogP contribution in [0.4, 0.5) is 5.69 Å². The maximum Gasteiger partial charge on any atom is 0.251 e. The Labute approximate surface area is 123 Å². The van der Waals surface area contributed by atoms with Crippen molar-refractivity contribution in [2.75, 3.05) is 19.0 Å². The average molecular weight is 283 g/mol. The SMILES string of the molecule is CC(C)c1nc2c([nH]1)C(=O)C(=O)c1cc(N(C)C)ccc1-2. The quantitative estimate of drug-likeness (QED) is 0.860. The number of Topliss-reactive ketones (excluding diaryl/α,β-unsaturated/α-hetero) is 2. The van der Waals surface area contributed by atoms with Crippen LogP contribution in [0.3, 0.4) is 0 Å². The van der Waals surface area contributed by atoms with Gasteiger partial charge in [-0.25, -0.2) is 4.98 Å². The molecule has 0 saturated heterocycles. The van der Waals surface area contributed by atoms with Crippen molar-refractivity contribution in [2.24, 2.45) is 0 Å². The molecule has 0 aliphatic heterocycles. The molecule has 0 fully saturated rings. The summed E-state index contributed by atoms with van der Waals surface area (Å²) in [4.78, 5) is 34.0. The van der Waals surface area contributed by atoms with Gasteiger partial charge in [0.05, 0.1) is 0 Å². The van der Waals surface area contributed by atoms with Crippen LogP contribution in [0, 0.1) is 0 Å². The molecule has 3 rings (SSSR count). The normalized spacial score (nSPS) is 13.4. The predicted molar refractivity (Wildman–Crippen MR) is 81.1 cm³/mol. The first-order valence-corrected chi connectivity index (χ1v) is 6.90. The molecule has 108 valence electrons. The van der Waals surface area contributed by atoms with Crippen LogP contribution in [0.5, 0.6) is 0 Å². The molecule has 0 unspecified atom stereocenters. The number of hydrogen-bond acceptors (Lipinski definition) is 4. The molecule has 1 aliphatic rings. The van der Waals surface area contributed by atoms with Gasteiger partial charge in [0.15, 0.2) is 0 Å². The van der Waals surface area contributed by atoms with E-state index >= 15 is 0 Å². The third-order valence-electron chi connectivity index (χ3n) is 3.72. The highest BCUT2D eigenvalue weighted by molar-refractivity contribution is 6.52. The average Bonchev–Trinajstić information content (AvgIpc) is 2.89. The number of aromatic nitrogens is 2. The number of nitrogens with zero attached hydrogens (tertiary/aromatic N) is 2. The van der Waals surface area contributed by atoms with Gasteiger partial charge in [0.25, 0.3) is 5.78 Å². The fraction of sp³-hybridized carbons (Fsp3) is 0.312. The molecule has 2 aromatic rings. The number of fused-ring (bicyclic) bond motifs is 3. The molecule has 0 saturated carbocycles. The van der Waals surface area contributed by atoms with Gasteiger partial charge in [-0.2, -0.15) is 0 Å². The first-order valence-electron chi connectivity index (χ1n) is 6.90. The Kier molecular flexibility index (Phi) is 2.93. The smallest absolute Gasteiger partial charge is 0.251 e. The van der Waals surface area contributed by atoms with Gasteiger partial charge in [0, 0.05) is 36.8 Å². The second kappa shape index (κ2) is 4.55. The Hall–Kier alpha value is -2.43. The summed E-state index contributed by atoms with van der Waals surface area (Å²) in [7, 11) is 3.79. The minimum atomic E-state index is -0.507. The molecule has 21 heavy (non-hydrogen) atoms. The van der Waals surface area contributed by atoms with E-state index in [1.165, 1.54) is 0 Å². The molecular formula is C16H17N3O2. The van der Waals surface area contributed by atoms with Crippen molar-refractivity contribution in [1.82, 2.24) is 9.97 Å². The van der Waals surface area contributed by atoms with Crippen molar-refractivity contribution in [3.63, 3.8) is 0 Å². The Bertz CT molecular complexity index is 757. The van der Waals surface area contributed by atoms with Gasteiger partial charge in [-0.3, -0.25) is 9.59 Å². The molecule has 1 aromatic heterocycles. The van der Waals surface area contributed by atoms with Crippen LogP contribution in [0.25, 0.3) is 11.3 Å². The van der Waals surface area contributed by atoms with Crippen LogP contribution >= 0.6 is 0 Å². The van der Waals surface area contributed by atoms with Crippen molar-refractivity contribution in [3.05, 3.63) is 35.3 Å². The van der Waals surface area contributed by atoms with Gasteiger partial charge in [-0.05, 0) is 18.2 Å². The largest absolute Gasteiger partial charge is 0.378 e. The lowest BCUT2D eigenvalue weighted by Gasteiger charge is -2.18. The van der Waals surface area contributed by atoms with E-state index < -0.39 is 11.6 Å². The van der Waals surface area contributed by atoms with Gasteiger partial charge in [0.2, 0.25) is 5.78 Å². The van der Waals surface area contributed by atoms with E-state index in [2.05, 4.69) is 9.97 Å². The number of carbonyl (C=O) groups is 2. The van der Waals surface area contributed by atoms with E-state index in [9.17, 15) is 9.59 Å². The molecular weight excluding hydrogens is 266 g/mol. The second-order valence-corrected chi connectivity index (χ2v) is 5.78. The topological polar surface area (TPSA) is 66.1 Å². The van der Waals surface area contributed by atoms with Crippen molar-refractivity contribution in [2.45, 2.75) is 19.8 Å². The Balaban J connectivity index is 2.24. The summed E-state index contributed by atoms with van der Waals surface area (Å²) < 4.78 is 0. The molecule has 0 atom stereocenters. The predicted octanol–water partition coefficient (Wildman–Crippen LogP) is 2.65. The van der Waals surface area contributed by atoms with Crippen LogP contribution in [0.15, 0.2) is 18.2 Å². The number of carbonyl (C=O) groups excluding carboxylic acids is 2. The molecule has 0 bridgehead atoms. The lowest BCUT2D eigenvalue weighted by Crippen LogP contribution is -2.22. The molecule has 0 radical (unpaired) electrons. The number of hydrogen-bond donors (Lipinski definition) is 1. The van der Waals surface area contributed by atoms with E-state index in [0.29, 0.717) is 17.0 Å². The van der Waals surface area contributed by atoms with Gasteiger partial charge in [0.1, 0.15) is 17.2 Å². The van der Waals surface area contributed by atoms with Gasteiger partial charge in [-0.1, -0.05) is 13.8 Å². The summed E-state index contributed by atoms with van der Waals surface area (Å²) in [6, 6.07) is 5.54. The van der Waals surface area contributed by atoms with Crippen LogP contribution in [0.1, 0.15) is 46.4 Å².